The molecule has 0 bridgehead atoms. The van der Waals surface area contributed by atoms with Gasteiger partial charge in [-0.15, -0.1) is 0 Å². The average Bonchev–Trinajstić information content (AvgIpc) is 2.40. The summed E-state index contributed by atoms with van der Waals surface area (Å²) in [6, 6.07) is 10.3. The maximum atomic E-state index is 13.2. The number of rotatable bonds is 4. The highest BCUT2D eigenvalue weighted by molar-refractivity contribution is 5.92. The van der Waals surface area contributed by atoms with Crippen LogP contribution in [0.5, 0.6) is 5.75 Å². The Balaban J connectivity index is 1.92. The Morgan fingerprint density at radius 2 is 2.11 bits per heavy atom. The Morgan fingerprint density at radius 1 is 1.32 bits per heavy atom. The zero-order valence-electron chi connectivity index (χ0n) is 10.4. The number of para-hydroxylation sites is 1. The van der Waals surface area contributed by atoms with Gasteiger partial charge in [-0.05, 0) is 30.7 Å². The molecule has 19 heavy (non-hydrogen) atoms. The summed E-state index contributed by atoms with van der Waals surface area (Å²) in [5.74, 6) is -1.12. The summed E-state index contributed by atoms with van der Waals surface area (Å²) in [7, 11) is 0. The van der Waals surface area contributed by atoms with Crippen LogP contribution in [0.25, 0.3) is 0 Å². The third-order valence-electron chi connectivity index (χ3n) is 2.50. The van der Waals surface area contributed by atoms with Gasteiger partial charge in [-0.3, -0.25) is 4.79 Å². The van der Waals surface area contributed by atoms with Crippen LogP contribution in [0.2, 0.25) is 0 Å². The van der Waals surface area contributed by atoms with E-state index in [0.29, 0.717) is 5.69 Å². The minimum atomic E-state index is -0.730. The van der Waals surface area contributed by atoms with Crippen LogP contribution in [-0.4, -0.2) is 17.5 Å². The lowest BCUT2D eigenvalue weighted by Gasteiger charge is -2.09. The van der Waals surface area contributed by atoms with Gasteiger partial charge in [-0.25, -0.2) is 4.98 Å². The summed E-state index contributed by atoms with van der Waals surface area (Å²) in [5, 5.41) is 2.69. The molecule has 1 aromatic carbocycles. The fourth-order valence-corrected chi connectivity index (χ4v) is 1.52. The van der Waals surface area contributed by atoms with Crippen LogP contribution >= 0.6 is 0 Å². The standard InChI is InChI=1S/C14H13FN2O2/c1-10-5-2-3-6-11(10)17-13(18)9-19-12-7-4-8-16-14(12)15/h2-8H,9H2,1H3,(H,17,18). The number of ether oxygens (including phenoxy) is 1. The lowest BCUT2D eigenvalue weighted by atomic mass is 10.2. The molecule has 0 radical (unpaired) electrons. The Hall–Kier alpha value is -2.43. The molecule has 0 unspecified atom stereocenters. The van der Waals surface area contributed by atoms with Crippen molar-refractivity contribution in [2.45, 2.75) is 6.92 Å². The molecule has 98 valence electrons. The molecule has 1 amide bonds. The topological polar surface area (TPSA) is 51.2 Å². The number of carbonyl (C=O) groups is 1. The van der Waals surface area contributed by atoms with Crippen molar-refractivity contribution in [3.05, 3.63) is 54.1 Å². The predicted molar refractivity (Wildman–Crippen MR) is 69.5 cm³/mol. The zero-order chi connectivity index (χ0) is 13.7. The van der Waals surface area contributed by atoms with Gasteiger partial charge in [-0.1, -0.05) is 18.2 Å². The van der Waals surface area contributed by atoms with E-state index in [1.807, 2.05) is 25.1 Å². The number of aromatic nitrogens is 1. The molecule has 0 saturated heterocycles. The van der Waals surface area contributed by atoms with Crippen LogP contribution in [0, 0.1) is 12.9 Å². The van der Waals surface area contributed by atoms with Gasteiger partial charge in [0, 0.05) is 11.9 Å². The summed E-state index contributed by atoms with van der Waals surface area (Å²) >= 11 is 0. The summed E-state index contributed by atoms with van der Waals surface area (Å²) < 4.78 is 18.2. The number of aryl methyl sites for hydroxylation is 1. The molecule has 0 spiro atoms. The van der Waals surface area contributed by atoms with Crippen LogP contribution in [0.4, 0.5) is 10.1 Å². The number of hydrogen-bond acceptors (Lipinski definition) is 3. The van der Waals surface area contributed by atoms with Crippen LogP contribution < -0.4 is 10.1 Å². The quantitative estimate of drug-likeness (QED) is 0.859. The van der Waals surface area contributed by atoms with E-state index >= 15 is 0 Å². The molecular weight excluding hydrogens is 247 g/mol. The highest BCUT2D eigenvalue weighted by Crippen LogP contribution is 2.14. The fourth-order valence-electron chi connectivity index (χ4n) is 1.52. The van der Waals surface area contributed by atoms with Crippen LogP contribution in [-0.2, 0) is 4.79 Å². The number of anilines is 1. The summed E-state index contributed by atoms with van der Waals surface area (Å²) in [6.45, 7) is 1.62. The van der Waals surface area contributed by atoms with Gasteiger partial charge in [0.1, 0.15) is 0 Å². The molecule has 2 rings (SSSR count). The first-order valence-corrected chi connectivity index (χ1v) is 5.75. The van der Waals surface area contributed by atoms with Crippen molar-refractivity contribution in [3.63, 3.8) is 0 Å². The first-order valence-electron chi connectivity index (χ1n) is 5.75. The third kappa shape index (κ3) is 3.51. The molecule has 0 atom stereocenters. The van der Waals surface area contributed by atoms with Crippen molar-refractivity contribution in [3.8, 4) is 5.75 Å². The lowest BCUT2D eigenvalue weighted by Crippen LogP contribution is -2.21. The number of carbonyl (C=O) groups excluding carboxylic acids is 1. The van der Waals surface area contributed by atoms with E-state index in [9.17, 15) is 9.18 Å². The van der Waals surface area contributed by atoms with Crippen LogP contribution in [0.15, 0.2) is 42.6 Å². The Bertz CT molecular complexity index is 587. The fraction of sp³-hybridized carbons (Fsp3) is 0.143. The van der Waals surface area contributed by atoms with E-state index in [4.69, 9.17) is 4.74 Å². The van der Waals surface area contributed by atoms with Gasteiger partial charge < -0.3 is 10.1 Å². The smallest absolute Gasteiger partial charge is 0.262 e. The highest BCUT2D eigenvalue weighted by atomic mass is 19.1. The van der Waals surface area contributed by atoms with Gasteiger partial charge in [0.2, 0.25) is 0 Å². The number of nitrogens with zero attached hydrogens (tertiary/aromatic N) is 1. The van der Waals surface area contributed by atoms with E-state index in [0.717, 1.165) is 5.56 Å². The number of amides is 1. The minimum Gasteiger partial charge on any atom is -0.479 e. The maximum absolute atomic E-state index is 13.2. The molecule has 0 aliphatic carbocycles. The number of nitrogens with one attached hydrogen (secondary N) is 1. The Labute approximate surface area is 110 Å². The van der Waals surface area contributed by atoms with Crippen molar-refractivity contribution >= 4 is 11.6 Å². The molecule has 0 aliphatic rings. The summed E-state index contributed by atoms with van der Waals surface area (Å²) in [5.41, 5.74) is 1.66. The van der Waals surface area contributed by atoms with Gasteiger partial charge in [0.25, 0.3) is 11.9 Å². The van der Waals surface area contributed by atoms with Crippen molar-refractivity contribution in [2.24, 2.45) is 0 Å². The van der Waals surface area contributed by atoms with E-state index < -0.39 is 5.95 Å². The van der Waals surface area contributed by atoms with Crippen molar-refractivity contribution in [1.29, 1.82) is 0 Å². The summed E-state index contributed by atoms with van der Waals surface area (Å²) in [6.07, 6.45) is 1.32. The Morgan fingerprint density at radius 3 is 2.84 bits per heavy atom. The molecule has 4 nitrogen and oxygen atoms in total. The largest absolute Gasteiger partial charge is 0.479 e. The molecule has 1 aromatic heterocycles. The second-order valence-electron chi connectivity index (χ2n) is 3.94. The predicted octanol–water partition coefficient (Wildman–Crippen LogP) is 2.55. The second-order valence-corrected chi connectivity index (χ2v) is 3.94. The molecular formula is C14H13FN2O2. The highest BCUT2D eigenvalue weighted by Gasteiger charge is 2.08. The first kappa shape index (κ1) is 13.0. The number of halogens is 1. The van der Waals surface area contributed by atoms with Crippen LogP contribution in [0.1, 0.15) is 5.56 Å². The van der Waals surface area contributed by atoms with Crippen molar-refractivity contribution < 1.29 is 13.9 Å². The average molecular weight is 260 g/mol. The van der Waals surface area contributed by atoms with Crippen molar-refractivity contribution in [2.75, 3.05) is 11.9 Å². The number of pyridine rings is 1. The van der Waals surface area contributed by atoms with Gasteiger partial charge in [0.05, 0.1) is 0 Å². The van der Waals surface area contributed by atoms with E-state index in [-0.39, 0.29) is 18.3 Å². The van der Waals surface area contributed by atoms with E-state index in [1.54, 1.807) is 6.07 Å². The number of benzene rings is 1. The first-order chi connectivity index (χ1) is 9.16. The van der Waals surface area contributed by atoms with Crippen LogP contribution in [0.3, 0.4) is 0 Å². The monoisotopic (exact) mass is 260 g/mol. The maximum Gasteiger partial charge on any atom is 0.262 e. The SMILES string of the molecule is Cc1ccccc1NC(=O)COc1cccnc1F. The molecule has 0 aliphatic heterocycles. The van der Waals surface area contributed by atoms with Gasteiger partial charge in [-0.2, -0.15) is 4.39 Å². The van der Waals surface area contributed by atoms with E-state index in [1.165, 1.54) is 18.3 Å². The van der Waals surface area contributed by atoms with Gasteiger partial charge >= 0.3 is 0 Å². The number of hydrogen-bond donors (Lipinski definition) is 1. The molecule has 0 fully saturated rings. The second kappa shape index (κ2) is 5.95. The molecule has 0 saturated carbocycles. The molecule has 5 heteroatoms. The Kier molecular flexibility index (Phi) is 4.07. The summed E-state index contributed by atoms with van der Waals surface area (Å²) in [4.78, 5) is 15.1. The van der Waals surface area contributed by atoms with Gasteiger partial charge in [0.15, 0.2) is 12.4 Å². The lowest BCUT2D eigenvalue weighted by molar-refractivity contribution is -0.118. The third-order valence-corrected chi connectivity index (χ3v) is 2.50. The minimum absolute atomic E-state index is 0.0394. The van der Waals surface area contributed by atoms with Crippen molar-refractivity contribution in [1.82, 2.24) is 4.98 Å². The molecule has 2 aromatic rings. The van der Waals surface area contributed by atoms with E-state index in [2.05, 4.69) is 10.3 Å². The normalized spacial score (nSPS) is 10.0. The zero-order valence-corrected chi connectivity index (χ0v) is 10.4. The molecule has 1 heterocycles. The molecule has 1 N–H and O–H groups in total.